The maximum absolute atomic E-state index is 14.7. The molecule has 0 saturated carbocycles. The van der Waals surface area contributed by atoms with E-state index < -0.39 is 127 Å². The molecule has 0 aromatic heterocycles. The molecule has 8 N–H and O–H groups in total. The molecule has 8 amide bonds. The van der Waals surface area contributed by atoms with Crippen molar-refractivity contribution < 1.29 is 63.3 Å². The molecule has 67 heavy (non-hydrogen) atoms. The van der Waals surface area contributed by atoms with Crippen molar-refractivity contribution in [1.82, 2.24) is 41.7 Å². The van der Waals surface area contributed by atoms with E-state index in [0.717, 1.165) is 23.1 Å². The monoisotopic (exact) mass is 938 g/mol. The van der Waals surface area contributed by atoms with E-state index in [-0.39, 0.29) is 37.6 Å². The minimum absolute atomic E-state index is 0.0261. The van der Waals surface area contributed by atoms with Crippen LogP contribution in [0.25, 0.3) is 0 Å². The van der Waals surface area contributed by atoms with Gasteiger partial charge in [-0.15, -0.1) is 0 Å². The average molecular weight is 939 g/mol. The van der Waals surface area contributed by atoms with Crippen LogP contribution < -0.4 is 26.7 Å². The van der Waals surface area contributed by atoms with Crippen LogP contribution in [0.15, 0.2) is 60.7 Å². The summed E-state index contributed by atoms with van der Waals surface area (Å²) in [6, 6.07) is 9.74. The molecule has 1 saturated heterocycles. The third-order valence-electron chi connectivity index (χ3n) is 11.3. The lowest BCUT2D eigenvalue weighted by molar-refractivity contribution is -0.187. The molecule has 1 aliphatic heterocycles. The largest absolute Gasteiger partial charge is 0.481 e. The second-order valence-corrected chi connectivity index (χ2v) is 17.0. The quantitative estimate of drug-likeness (QED) is 0.0555. The van der Waals surface area contributed by atoms with E-state index in [0.29, 0.717) is 6.42 Å². The number of benzene rings is 2. The van der Waals surface area contributed by atoms with E-state index in [4.69, 9.17) is 4.74 Å². The summed E-state index contributed by atoms with van der Waals surface area (Å²) in [5.74, 6) is -9.96. The summed E-state index contributed by atoms with van der Waals surface area (Å²) in [7, 11) is 0. The topological polar surface area (TPSA) is 293 Å². The highest BCUT2D eigenvalue weighted by molar-refractivity contribution is 5.97. The van der Waals surface area contributed by atoms with E-state index in [2.05, 4.69) is 26.7 Å². The Morgan fingerprint density at radius 2 is 1.43 bits per heavy atom. The van der Waals surface area contributed by atoms with Gasteiger partial charge < -0.3 is 41.1 Å². The Kier molecular flexibility index (Phi) is 21.7. The number of aliphatic carboxylic acids is 2. The summed E-state index contributed by atoms with van der Waals surface area (Å²) in [6.07, 6.45) is -2.16. The van der Waals surface area contributed by atoms with Crippen LogP contribution in [0.3, 0.4) is 0 Å². The molecule has 0 aliphatic carbocycles. The number of likely N-dealkylation sites (tertiary alicyclic amines) is 1. The zero-order valence-corrected chi connectivity index (χ0v) is 39.1. The summed E-state index contributed by atoms with van der Waals surface area (Å²) < 4.78 is 6.20. The van der Waals surface area contributed by atoms with Crippen molar-refractivity contribution in [3.63, 3.8) is 0 Å². The lowest BCUT2D eigenvalue weighted by Gasteiger charge is -2.35. The number of carboxylic acids is 2. The molecule has 368 valence electrons. The first-order valence-corrected chi connectivity index (χ1v) is 22.4. The smallest absolute Gasteiger partial charge is 0.336 e. The molecule has 0 spiro atoms. The third-order valence-corrected chi connectivity index (χ3v) is 11.3. The second-order valence-electron chi connectivity index (χ2n) is 17.0. The van der Waals surface area contributed by atoms with E-state index >= 15 is 0 Å². The van der Waals surface area contributed by atoms with Crippen LogP contribution in [0.2, 0.25) is 0 Å². The fourth-order valence-electron chi connectivity index (χ4n) is 7.41. The van der Waals surface area contributed by atoms with Gasteiger partial charge in [0.15, 0.2) is 0 Å². The van der Waals surface area contributed by atoms with Crippen molar-refractivity contribution in [1.29, 1.82) is 0 Å². The van der Waals surface area contributed by atoms with Crippen molar-refractivity contribution in [2.24, 2.45) is 11.8 Å². The number of hydrazine groups is 1. The number of nitrogens with one attached hydrogen (secondary N) is 5. The number of carbonyl (C=O) groups excluding carboxylic acids is 7. The minimum Gasteiger partial charge on any atom is -0.481 e. The van der Waals surface area contributed by atoms with Crippen LogP contribution in [0.4, 0.5) is 4.79 Å². The standard InChI is InChI=1S/C46H66N8O13/c1-8-22-53(46(65)47-29(6)32-18-14-11-15-19-32)51-42(61)36-23-33(67-26-31-16-12-10-13-17-31)25-52(36)45(64)39(27(3)4)50-43(62)40(28(5)9-2)54(66)44(63)34(20-21-37(56)57)49-41(60)35(24-38(58)59)48-30(7)55/h10-19,27-29,33-36,39-40,66H,8-9,20-26H2,1-7H3,(H,47,65)(H,48,55)(H,49,60)(H,50,62)(H,51,61)(H,56,57)(H,58,59)/t28-,29+,33+,34+,35-,36-,39-,40-/m0/s1. The summed E-state index contributed by atoms with van der Waals surface area (Å²) in [6.45, 7) is 11.3. The Balaban J connectivity index is 1.93. The van der Waals surface area contributed by atoms with Gasteiger partial charge in [-0.25, -0.2) is 14.9 Å². The number of rotatable bonds is 24. The lowest BCUT2D eigenvalue weighted by atomic mass is 9.95. The Bertz CT molecular complexity index is 2010. The molecule has 0 radical (unpaired) electrons. The van der Waals surface area contributed by atoms with Gasteiger partial charge in [0.1, 0.15) is 30.2 Å². The van der Waals surface area contributed by atoms with Crippen LogP contribution in [-0.2, 0) is 49.7 Å². The molecule has 1 heterocycles. The molecule has 3 rings (SSSR count). The fourth-order valence-corrected chi connectivity index (χ4v) is 7.41. The van der Waals surface area contributed by atoms with Gasteiger partial charge >= 0.3 is 18.0 Å². The molecule has 21 nitrogen and oxygen atoms in total. The highest BCUT2D eigenvalue weighted by atomic mass is 16.5. The highest BCUT2D eigenvalue weighted by Crippen LogP contribution is 2.25. The summed E-state index contributed by atoms with van der Waals surface area (Å²) in [5.41, 5.74) is 4.37. The van der Waals surface area contributed by atoms with Gasteiger partial charge in [-0.2, -0.15) is 0 Å². The number of ether oxygens (including phenoxy) is 1. The van der Waals surface area contributed by atoms with Crippen molar-refractivity contribution in [2.75, 3.05) is 13.1 Å². The van der Waals surface area contributed by atoms with E-state index in [1.807, 2.05) is 67.6 Å². The summed E-state index contributed by atoms with van der Waals surface area (Å²) in [5, 5.41) is 41.3. The first kappa shape index (κ1) is 54.7. The fraction of sp³-hybridized carbons (Fsp3) is 0.543. The molecular weight excluding hydrogens is 873 g/mol. The first-order valence-electron chi connectivity index (χ1n) is 22.4. The predicted molar refractivity (Wildman–Crippen MR) is 241 cm³/mol. The zero-order chi connectivity index (χ0) is 50.0. The Morgan fingerprint density at radius 3 is 1.99 bits per heavy atom. The number of carboxylic acid groups (broad SMARTS) is 2. The Labute approximate surface area is 390 Å². The number of hydrogen-bond acceptors (Lipinski definition) is 11. The van der Waals surface area contributed by atoms with Gasteiger partial charge in [-0.1, -0.05) is 102 Å². The number of urea groups is 1. The number of nitrogens with zero attached hydrogens (tertiary/aromatic N) is 3. The van der Waals surface area contributed by atoms with Crippen LogP contribution in [0, 0.1) is 11.8 Å². The van der Waals surface area contributed by atoms with Crippen LogP contribution in [0.1, 0.15) is 104 Å². The maximum Gasteiger partial charge on any atom is 0.336 e. The number of carbonyl (C=O) groups is 9. The van der Waals surface area contributed by atoms with Crippen LogP contribution in [0.5, 0.6) is 0 Å². The van der Waals surface area contributed by atoms with Crippen molar-refractivity contribution >= 4 is 53.4 Å². The summed E-state index contributed by atoms with van der Waals surface area (Å²) >= 11 is 0. The third kappa shape index (κ3) is 16.6. The van der Waals surface area contributed by atoms with E-state index in [1.165, 1.54) is 11.8 Å². The molecular formula is C46H66N8O13. The SMILES string of the molecule is CCCN(NC(=O)[C@@H]1C[C@@H](OCc2ccccc2)CN1C(=O)[C@@H](NC(=O)[C@H]([C@@H](C)CC)N(O)C(=O)[C@@H](CCC(=O)O)NC(=O)[C@H](CC(=O)O)NC(C)=O)C(C)C)C(=O)N[C@H](C)c1ccccc1. The van der Waals surface area contributed by atoms with Gasteiger partial charge in [0.25, 0.3) is 11.8 Å². The Morgan fingerprint density at radius 1 is 0.806 bits per heavy atom. The van der Waals surface area contributed by atoms with Gasteiger partial charge in [0, 0.05) is 32.9 Å². The molecule has 1 fully saturated rings. The van der Waals surface area contributed by atoms with Gasteiger partial charge in [-0.3, -0.25) is 49.0 Å². The molecule has 2 aromatic carbocycles. The molecule has 1 aliphatic rings. The minimum atomic E-state index is -1.81. The van der Waals surface area contributed by atoms with Crippen LogP contribution in [-0.4, -0.2) is 133 Å². The number of hydroxylamine groups is 2. The molecule has 2 aromatic rings. The second kappa shape index (κ2) is 26.5. The number of amides is 8. The van der Waals surface area contributed by atoms with Crippen molar-refractivity contribution in [3.05, 3.63) is 71.8 Å². The van der Waals surface area contributed by atoms with Crippen LogP contribution >= 0.6 is 0 Å². The summed E-state index contributed by atoms with van der Waals surface area (Å²) in [4.78, 5) is 120. The average Bonchev–Trinajstić information content (AvgIpc) is 3.72. The van der Waals surface area contributed by atoms with Crippen molar-refractivity contribution in [2.45, 2.75) is 136 Å². The predicted octanol–water partition coefficient (Wildman–Crippen LogP) is 2.49. The zero-order valence-electron chi connectivity index (χ0n) is 39.1. The Hall–Kier alpha value is -6.61. The van der Waals surface area contributed by atoms with Gasteiger partial charge in [0.05, 0.1) is 25.2 Å². The van der Waals surface area contributed by atoms with E-state index in [1.54, 1.807) is 27.7 Å². The number of hydrogen-bond donors (Lipinski definition) is 8. The van der Waals surface area contributed by atoms with Crippen molar-refractivity contribution in [3.8, 4) is 0 Å². The molecule has 0 bridgehead atoms. The normalized spacial score (nSPS) is 17.1. The molecule has 8 atom stereocenters. The van der Waals surface area contributed by atoms with Gasteiger partial charge in [0.2, 0.25) is 23.6 Å². The molecule has 21 heteroatoms. The highest BCUT2D eigenvalue weighted by Gasteiger charge is 2.45. The van der Waals surface area contributed by atoms with Gasteiger partial charge in [-0.05, 0) is 42.7 Å². The lowest BCUT2D eigenvalue weighted by Crippen LogP contribution is -2.62. The first-order chi connectivity index (χ1) is 31.7. The van der Waals surface area contributed by atoms with E-state index in [9.17, 15) is 58.6 Å². The maximum atomic E-state index is 14.7. The molecule has 0 unspecified atom stereocenters.